The first-order valence-corrected chi connectivity index (χ1v) is 4.05. The van der Waals surface area contributed by atoms with E-state index in [0.29, 0.717) is 29.2 Å². The highest BCUT2D eigenvalue weighted by Gasteiger charge is 2.05. The number of rotatable bonds is 2. The van der Waals surface area contributed by atoms with Crippen molar-refractivity contribution in [2.75, 3.05) is 5.73 Å². The number of hydrogen-bond donors (Lipinski definition) is 3. The van der Waals surface area contributed by atoms with Crippen molar-refractivity contribution in [2.45, 2.75) is 6.42 Å². The van der Waals surface area contributed by atoms with Gasteiger partial charge in [0.15, 0.2) is 11.5 Å². The Morgan fingerprint density at radius 1 is 1.50 bits per heavy atom. The molecule has 2 heterocycles. The Hall–Kier alpha value is -2.11. The topological polar surface area (TPSA) is 101 Å². The third-order valence-corrected chi connectivity index (χ3v) is 1.78. The molecule has 14 heavy (non-hydrogen) atoms. The molecule has 0 radical (unpaired) electrons. The zero-order chi connectivity index (χ0) is 9.97. The Kier molecular flexibility index (Phi) is 2.02. The van der Waals surface area contributed by atoms with E-state index >= 15 is 0 Å². The summed E-state index contributed by atoms with van der Waals surface area (Å²) in [7, 11) is 0. The smallest absolute Gasteiger partial charge is 0.183 e. The number of aliphatic hydroxyl groups is 1. The predicted molar refractivity (Wildman–Crippen MR) is 51.6 cm³/mol. The second kappa shape index (κ2) is 3.33. The molecule has 0 aliphatic rings. The Bertz CT molecular complexity index is 476. The Morgan fingerprint density at radius 2 is 2.36 bits per heavy atom. The number of nitrogens with two attached hydrogens (primary N) is 1. The summed E-state index contributed by atoms with van der Waals surface area (Å²) < 4.78 is 0. The van der Waals surface area contributed by atoms with Crippen molar-refractivity contribution >= 4 is 17.0 Å². The fraction of sp³-hybridized carbons (Fsp3) is 0.125. The van der Waals surface area contributed by atoms with Crippen LogP contribution in [0.3, 0.4) is 0 Å². The molecule has 0 aliphatic heterocycles. The van der Waals surface area contributed by atoms with E-state index in [4.69, 9.17) is 10.8 Å². The van der Waals surface area contributed by atoms with Crippen molar-refractivity contribution < 1.29 is 5.11 Å². The number of nitrogens with zero attached hydrogens (tertiary/aromatic N) is 3. The summed E-state index contributed by atoms with van der Waals surface area (Å²) in [5.41, 5.74) is 6.78. The highest BCUT2D eigenvalue weighted by molar-refractivity contribution is 5.80. The van der Waals surface area contributed by atoms with Crippen LogP contribution in [0.4, 0.5) is 5.82 Å². The number of nitrogens with one attached hydrogen (secondary N) is 1. The van der Waals surface area contributed by atoms with Crippen LogP contribution in [-0.4, -0.2) is 25.0 Å². The summed E-state index contributed by atoms with van der Waals surface area (Å²) in [6.07, 6.45) is 4.42. The van der Waals surface area contributed by atoms with Crippen LogP contribution < -0.4 is 5.73 Å². The van der Waals surface area contributed by atoms with Gasteiger partial charge in [-0.15, -0.1) is 0 Å². The third-order valence-electron chi connectivity index (χ3n) is 1.78. The van der Waals surface area contributed by atoms with Gasteiger partial charge in [0.25, 0.3) is 0 Å². The minimum atomic E-state index is 0.377. The van der Waals surface area contributed by atoms with Gasteiger partial charge in [-0.1, -0.05) is 0 Å². The average molecular weight is 191 g/mol. The Morgan fingerprint density at radius 3 is 3.07 bits per heavy atom. The predicted octanol–water partition coefficient (Wildman–Crippen LogP) is 0.549. The van der Waals surface area contributed by atoms with Gasteiger partial charge in [0.05, 0.1) is 6.26 Å². The molecule has 2 aromatic heterocycles. The van der Waals surface area contributed by atoms with Crippen LogP contribution in [0.1, 0.15) is 5.82 Å². The van der Waals surface area contributed by atoms with E-state index < -0.39 is 0 Å². The van der Waals surface area contributed by atoms with Crippen molar-refractivity contribution in [3.8, 4) is 0 Å². The number of nitrogen functional groups attached to an aromatic ring is 1. The molecule has 0 saturated heterocycles. The van der Waals surface area contributed by atoms with Gasteiger partial charge in [-0.05, 0) is 6.08 Å². The molecule has 0 unspecified atom stereocenters. The highest BCUT2D eigenvalue weighted by Crippen LogP contribution is 2.13. The zero-order valence-electron chi connectivity index (χ0n) is 7.31. The molecule has 0 amide bonds. The third kappa shape index (κ3) is 1.37. The van der Waals surface area contributed by atoms with Crippen molar-refractivity contribution in [3.05, 3.63) is 24.5 Å². The van der Waals surface area contributed by atoms with Gasteiger partial charge in [0.2, 0.25) is 0 Å². The monoisotopic (exact) mass is 191 g/mol. The number of aliphatic hydroxyl groups excluding tert-OH is 1. The maximum atomic E-state index is 8.48. The molecule has 0 spiro atoms. The van der Waals surface area contributed by atoms with Gasteiger partial charge in [-0.3, -0.25) is 0 Å². The van der Waals surface area contributed by atoms with Gasteiger partial charge >= 0.3 is 0 Å². The van der Waals surface area contributed by atoms with Crippen LogP contribution in [0.15, 0.2) is 18.7 Å². The van der Waals surface area contributed by atoms with E-state index in [9.17, 15) is 0 Å². The second-order valence-electron chi connectivity index (χ2n) is 2.73. The van der Waals surface area contributed by atoms with E-state index in [1.165, 1.54) is 6.33 Å². The van der Waals surface area contributed by atoms with Crippen LogP contribution in [0.25, 0.3) is 11.2 Å². The van der Waals surface area contributed by atoms with E-state index in [1.54, 1.807) is 6.08 Å². The van der Waals surface area contributed by atoms with Gasteiger partial charge < -0.3 is 15.8 Å². The van der Waals surface area contributed by atoms with E-state index in [-0.39, 0.29) is 0 Å². The summed E-state index contributed by atoms with van der Waals surface area (Å²) in [6.45, 7) is 0. The summed E-state index contributed by atoms with van der Waals surface area (Å²) in [6, 6.07) is 0. The standard InChI is InChI=1S/C8H9N5O/c9-7-6-8(11-4-10-7)13-5(12-6)2-1-3-14/h1,3-4,14H,2H2,(H3,9,10,11,12,13). The van der Waals surface area contributed by atoms with Crippen molar-refractivity contribution in [1.82, 2.24) is 19.9 Å². The molecule has 0 aliphatic carbocycles. The van der Waals surface area contributed by atoms with Crippen LogP contribution in [0.5, 0.6) is 0 Å². The van der Waals surface area contributed by atoms with E-state index in [1.807, 2.05) is 0 Å². The minimum absolute atomic E-state index is 0.377. The molecule has 6 heteroatoms. The molecule has 0 aromatic carbocycles. The average Bonchev–Trinajstić information content (AvgIpc) is 2.59. The molecule has 72 valence electrons. The Labute approximate surface area is 79.5 Å². The molecule has 6 nitrogen and oxygen atoms in total. The fourth-order valence-corrected chi connectivity index (χ4v) is 1.16. The van der Waals surface area contributed by atoms with Crippen LogP contribution >= 0.6 is 0 Å². The molecular weight excluding hydrogens is 182 g/mol. The lowest BCUT2D eigenvalue weighted by Gasteiger charge is -1.89. The molecular formula is C8H9N5O. The quantitative estimate of drug-likeness (QED) is 0.602. The van der Waals surface area contributed by atoms with Crippen LogP contribution in [-0.2, 0) is 6.42 Å². The SMILES string of the molecule is Nc1ncnc2nc(CC=CO)[nH]c12. The van der Waals surface area contributed by atoms with Crippen molar-refractivity contribution in [3.63, 3.8) is 0 Å². The highest BCUT2D eigenvalue weighted by atomic mass is 16.2. The van der Waals surface area contributed by atoms with Gasteiger partial charge in [0.1, 0.15) is 17.7 Å². The number of aromatic nitrogens is 4. The number of allylic oxidation sites excluding steroid dienone is 1. The van der Waals surface area contributed by atoms with E-state index in [2.05, 4.69) is 19.9 Å². The lowest BCUT2D eigenvalue weighted by atomic mass is 10.4. The van der Waals surface area contributed by atoms with Crippen molar-refractivity contribution in [2.24, 2.45) is 0 Å². The van der Waals surface area contributed by atoms with Gasteiger partial charge in [-0.25, -0.2) is 15.0 Å². The summed E-state index contributed by atoms with van der Waals surface area (Å²) in [4.78, 5) is 14.9. The summed E-state index contributed by atoms with van der Waals surface area (Å²) in [5, 5.41) is 8.48. The molecule has 0 bridgehead atoms. The number of imidazole rings is 1. The lowest BCUT2D eigenvalue weighted by molar-refractivity contribution is 0.471. The minimum Gasteiger partial charge on any atom is -0.516 e. The molecule has 0 atom stereocenters. The first kappa shape index (κ1) is 8.49. The number of hydrogen-bond acceptors (Lipinski definition) is 5. The maximum Gasteiger partial charge on any atom is 0.183 e. The molecule has 2 aromatic rings. The lowest BCUT2D eigenvalue weighted by Crippen LogP contribution is -1.91. The zero-order valence-corrected chi connectivity index (χ0v) is 7.31. The Balaban J connectivity index is 2.46. The van der Waals surface area contributed by atoms with Crippen molar-refractivity contribution in [1.29, 1.82) is 0 Å². The normalized spacial score (nSPS) is 11.4. The number of anilines is 1. The van der Waals surface area contributed by atoms with Gasteiger partial charge in [0, 0.05) is 6.42 Å². The first-order valence-electron chi connectivity index (χ1n) is 4.05. The van der Waals surface area contributed by atoms with E-state index in [0.717, 1.165) is 6.26 Å². The largest absolute Gasteiger partial charge is 0.516 e. The molecule has 4 N–H and O–H groups in total. The second-order valence-corrected chi connectivity index (χ2v) is 2.73. The number of H-pyrrole nitrogens is 1. The first-order chi connectivity index (χ1) is 6.81. The van der Waals surface area contributed by atoms with Crippen LogP contribution in [0.2, 0.25) is 0 Å². The molecule has 0 fully saturated rings. The molecule has 2 rings (SSSR count). The summed E-state index contributed by atoms with van der Waals surface area (Å²) in [5.74, 6) is 1.07. The fourth-order valence-electron chi connectivity index (χ4n) is 1.16. The van der Waals surface area contributed by atoms with Gasteiger partial charge in [-0.2, -0.15) is 0 Å². The number of aromatic amines is 1. The molecule has 0 saturated carbocycles. The summed E-state index contributed by atoms with van der Waals surface area (Å²) >= 11 is 0. The maximum absolute atomic E-state index is 8.48. The number of fused-ring (bicyclic) bond motifs is 1. The van der Waals surface area contributed by atoms with Crippen LogP contribution in [0, 0.1) is 0 Å².